The molecule has 1 aliphatic rings. The summed E-state index contributed by atoms with van der Waals surface area (Å²) in [7, 11) is 0. The lowest BCUT2D eigenvalue weighted by molar-refractivity contribution is -0.119. The highest BCUT2D eigenvalue weighted by Gasteiger charge is 2.27. The van der Waals surface area contributed by atoms with Crippen molar-refractivity contribution in [2.45, 2.75) is 39.7 Å². The Morgan fingerprint density at radius 1 is 1.13 bits per heavy atom. The van der Waals surface area contributed by atoms with Crippen LogP contribution in [0.4, 0.5) is 5.69 Å². The molecule has 1 aliphatic heterocycles. The van der Waals surface area contributed by atoms with Crippen molar-refractivity contribution in [3.63, 3.8) is 0 Å². The molecule has 2 rings (SSSR count). The molecular formula is C17H26ClN3O2. The lowest BCUT2D eigenvalue weighted by atomic mass is 9.87. The number of carbonyl (C=O) groups excluding carboxylic acids is 2. The zero-order chi connectivity index (χ0) is 16.3. The Kier molecular flexibility index (Phi) is 6.59. The molecule has 1 saturated heterocycles. The first-order valence-electron chi connectivity index (χ1n) is 7.75. The fraction of sp³-hybridized carbons (Fsp3) is 0.529. The predicted molar refractivity (Wildman–Crippen MR) is 94.9 cm³/mol. The van der Waals surface area contributed by atoms with Crippen LogP contribution in [0.5, 0.6) is 0 Å². The van der Waals surface area contributed by atoms with Crippen molar-refractivity contribution >= 4 is 29.9 Å². The number of halogens is 1. The van der Waals surface area contributed by atoms with Crippen LogP contribution in [0, 0.1) is 5.41 Å². The van der Waals surface area contributed by atoms with Crippen LogP contribution >= 0.6 is 12.4 Å². The largest absolute Gasteiger partial charge is 0.339 e. The van der Waals surface area contributed by atoms with Crippen LogP contribution in [-0.2, 0) is 4.79 Å². The third kappa shape index (κ3) is 4.94. The van der Waals surface area contributed by atoms with E-state index in [4.69, 9.17) is 5.73 Å². The minimum absolute atomic E-state index is 0. The molecule has 3 N–H and O–H groups in total. The summed E-state index contributed by atoms with van der Waals surface area (Å²) in [5.74, 6) is -0.159. The van der Waals surface area contributed by atoms with Crippen molar-refractivity contribution in [1.82, 2.24) is 4.90 Å². The quantitative estimate of drug-likeness (QED) is 0.889. The summed E-state index contributed by atoms with van der Waals surface area (Å²) < 4.78 is 0. The highest BCUT2D eigenvalue weighted by Crippen LogP contribution is 2.20. The van der Waals surface area contributed by atoms with Crippen LogP contribution in [-0.4, -0.2) is 35.8 Å². The van der Waals surface area contributed by atoms with Gasteiger partial charge in [0, 0.05) is 24.3 Å². The van der Waals surface area contributed by atoms with E-state index in [0.717, 1.165) is 25.9 Å². The standard InChI is InChI=1S/C17H25N3O2.ClH/c1-17(2,3)14(18)15(21)19-13-8-6-12(7-9-13)16(22)20-10-4-5-11-20;/h6-9,14H,4-5,10-11,18H2,1-3H3,(H,19,21);1H/t14-;/m1./s1. The highest BCUT2D eigenvalue weighted by molar-refractivity contribution is 5.97. The number of nitrogens with zero attached hydrogens (tertiary/aromatic N) is 1. The van der Waals surface area contributed by atoms with Crippen molar-refractivity contribution < 1.29 is 9.59 Å². The Morgan fingerprint density at radius 2 is 1.65 bits per heavy atom. The molecule has 0 bridgehead atoms. The van der Waals surface area contributed by atoms with Gasteiger partial charge in [-0.25, -0.2) is 0 Å². The van der Waals surface area contributed by atoms with Crippen molar-refractivity contribution in [1.29, 1.82) is 0 Å². The third-order valence-electron chi connectivity index (χ3n) is 4.01. The first-order chi connectivity index (χ1) is 10.3. The first-order valence-corrected chi connectivity index (χ1v) is 7.75. The second-order valence-corrected chi connectivity index (χ2v) is 6.91. The number of amides is 2. The lowest BCUT2D eigenvalue weighted by Crippen LogP contribution is -2.45. The van der Waals surface area contributed by atoms with E-state index in [2.05, 4.69) is 5.32 Å². The number of nitrogens with two attached hydrogens (primary N) is 1. The Labute approximate surface area is 144 Å². The van der Waals surface area contributed by atoms with Crippen LogP contribution in [0.1, 0.15) is 44.0 Å². The van der Waals surface area contributed by atoms with Gasteiger partial charge in [-0.2, -0.15) is 0 Å². The van der Waals surface area contributed by atoms with Gasteiger partial charge in [0.1, 0.15) is 0 Å². The molecule has 2 amide bonds. The molecule has 23 heavy (non-hydrogen) atoms. The summed E-state index contributed by atoms with van der Waals surface area (Å²) in [4.78, 5) is 26.2. The maximum Gasteiger partial charge on any atom is 0.253 e. The molecule has 1 heterocycles. The van der Waals surface area contributed by atoms with E-state index in [1.807, 2.05) is 25.7 Å². The molecule has 0 aliphatic carbocycles. The summed E-state index contributed by atoms with van der Waals surface area (Å²) >= 11 is 0. The van der Waals surface area contributed by atoms with Gasteiger partial charge in [-0.3, -0.25) is 9.59 Å². The van der Waals surface area contributed by atoms with Gasteiger partial charge in [-0.05, 0) is 42.5 Å². The molecule has 1 aromatic rings. The number of benzene rings is 1. The second-order valence-electron chi connectivity index (χ2n) is 6.91. The zero-order valence-corrected chi connectivity index (χ0v) is 14.8. The molecule has 0 radical (unpaired) electrons. The Bertz CT molecular complexity index is 546. The molecular weight excluding hydrogens is 314 g/mol. The van der Waals surface area contributed by atoms with E-state index in [1.165, 1.54) is 0 Å². The average Bonchev–Trinajstić information content (AvgIpc) is 2.99. The summed E-state index contributed by atoms with van der Waals surface area (Å²) in [5.41, 5.74) is 6.94. The maximum absolute atomic E-state index is 12.2. The SMILES string of the molecule is CC(C)(C)[C@H](N)C(=O)Nc1ccc(C(=O)N2CCCC2)cc1.Cl. The molecule has 0 spiro atoms. The van der Waals surface area contributed by atoms with E-state index in [0.29, 0.717) is 11.3 Å². The molecule has 1 atom stereocenters. The molecule has 0 aromatic heterocycles. The molecule has 128 valence electrons. The van der Waals surface area contributed by atoms with E-state index >= 15 is 0 Å². The number of nitrogens with one attached hydrogen (secondary N) is 1. The van der Waals surface area contributed by atoms with Gasteiger partial charge in [-0.15, -0.1) is 12.4 Å². The number of hydrogen-bond acceptors (Lipinski definition) is 3. The minimum atomic E-state index is -0.585. The highest BCUT2D eigenvalue weighted by atomic mass is 35.5. The van der Waals surface area contributed by atoms with Gasteiger partial charge in [0.25, 0.3) is 5.91 Å². The lowest BCUT2D eigenvalue weighted by Gasteiger charge is -2.25. The Balaban J connectivity index is 0.00000264. The summed E-state index contributed by atoms with van der Waals surface area (Å²) in [6.07, 6.45) is 2.15. The number of likely N-dealkylation sites (tertiary alicyclic amines) is 1. The number of carbonyl (C=O) groups is 2. The van der Waals surface area contributed by atoms with Gasteiger partial charge in [0.2, 0.25) is 5.91 Å². The molecule has 1 fully saturated rings. The molecule has 1 aromatic carbocycles. The van der Waals surface area contributed by atoms with E-state index < -0.39 is 6.04 Å². The Hall–Kier alpha value is -1.59. The van der Waals surface area contributed by atoms with Crippen molar-refractivity contribution in [2.75, 3.05) is 18.4 Å². The van der Waals surface area contributed by atoms with Crippen LogP contribution in [0.2, 0.25) is 0 Å². The molecule has 0 saturated carbocycles. The predicted octanol–water partition coefficient (Wildman–Crippen LogP) is 2.66. The number of hydrogen-bond donors (Lipinski definition) is 2. The van der Waals surface area contributed by atoms with Gasteiger partial charge in [0.15, 0.2) is 0 Å². The van der Waals surface area contributed by atoms with Crippen LogP contribution in [0.3, 0.4) is 0 Å². The van der Waals surface area contributed by atoms with Crippen LogP contribution in [0.25, 0.3) is 0 Å². The summed E-state index contributed by atoms with van der Waals surface area (Å²) in [5, 5.41) is 2.80. The van der Waals surface area contributed by atoms with Gasteiger partial charge in [0.05, 0.1) is 6.04 Å². The fourth-order valence-corrected chi connectivity index (χ4v) is 2.41. The van der Waals surface area contributed by atoms with E-state index in [-0.39, 0.29) is 29.6 Å². The summed E-state index contributed by atoms with van der Waals surface area (Å²) in [6, 6.07) is 6.41. The smallest absolute Gasteiger partial charge is 0.253 e. The fourth-order valence-electron chi connectivity index (χ4n) is 2.41. The number of anilines is 1. The topological polar surface area (TPSA) is 75.4 Å². The van der Waals surface area contributed by atoms with E-state index in [9.17, 15) is 9.59 Å². The second kappa shape index (κ2) is 7.79. The van der Waals surface area contributed by atoms with Gasteiger partial charge >= 0.3 is 0 Å². The molecule has 5 nitrogen and oxygen atoms in total. The van der Waals surface area contributed by atoms with Gasteiger partial charge < -0.3 is 16.0 Å². The van der Waals surface area contributed by atoms with Gasteiger partial charge in [-0.1, -0.05) is 20.8 Å². The van der Waals surface area contributed by atoms with E-state index in [1.54, 1.807) is 24.3 Å². The maximum atomic E-state index is 12.2. The van der Waals surface area contributed by atoms with Crippen molar-refractivity contribution in [2.24, 2.45) is 11.1 Å². The summed E-state index contributed by atoms with van der Waals surface area (Å²) in [6.45, 7) is 7.44. The van der Waals surface area contributed by atoms with Crippen LogP contribution < -0.4 is 11.1 Å². The van der Waals surface area contributed by atoms with Crippen molar-refractivity contribution in [3.8, 4) is 0 Å². The number of rotatable bonds is 3. The molecule has 6 heteroatoms. The third-order valence-corrected chi connectivity index (χ3v) is 4.01. The first kappa shape index (κ1) is 19.5. The Morgan fingerprint density at radius 3 is 2.13 bits per heavy atom. The van der Waals surface area contributed by atoms with Crippen molar-refractivity contribution in [3.05, 3.63) is 29.8 Å². The minimum Gasteiger partial charge on any atom is -0.339 e. The molecule has 0 unspecified atom stereocenters. The average molecular weight is 340 g/mol. The zero-order valence-electron chi connectivity index (χ0n) is 14.0. The van der Waals surface area contributed by atoms with Crippen LogP contribution in [0.15, 0.2) is 24.3 Å². The monoisotopic (exact) mass is 339 g/mol. The normalized spacial score (nSPS) is 15.7.